The van der Waals surface area contributed by atoms with Crippen molar-refractivity contribution in [3.05, 3.63) is 35.4 Å². The molecule has 3 N–H and O–H groups in total. The van der Waals surface area contributed by atoms with Gasteiger partial charge in [-0.3, -0.25) is 0 Å². The molecule has 0 spiro atoms. The van der Waals surface area contributed by atoms with Crippen LogP contribution in [0.2, 0.25) is 0 Å². The number of hydrogen-bond acceptors (Lipinski definition) is 3. The third-order valence-electron chi connectivity index (χ3n) is 2.71. The molecule has 16 heavy (non-hydrogen) atoms. The lowest BCUT2D eigenvalue weighted by atomic mass is 10.00. The van der Waals surface area contributed by atoms with E-state index in [-0.39, 0.29) is 6.04 Å². The molecule has 2 unspecified atom stereocenters. The lowest BCUT2D eigenvalue weighted by molar-refractivity contribution is 0.0684. The van der Waals surface area contributed by atoms with Gasteiger partial charge in [-0.25, -0.2) is 8.78 Å². The van der Waals surface area contributed by atoms with Gasteiger partial charge in [0, 0.05) is 18.6 Å². The third kappa shape index (κ3) is 2.37. The van der Waals surface area contributed by atoms with Crippen LogP contribution in [0, 0.1) is 11.6 Å². The van der Waals surface area contributed by atoms with Gasteiger partial charge in [-0.2, -0.15) is 0 Å². The molecule has 1 aromatic carbocycles. The SMILES string of the molecule is NC(c1ccc(F)c(F)c1)C1COCCN1. The second kappa shape index (κ2) is 4.86. The number of hydrogen-bond donors (Lipinski definition) is 2. The van der Waals surface area contributed by atoms with Crippen molar-refractivity contribution >= 4 is 0 Å². The maximum atomic E-state index is 13.0. The van der Waals surface area contributed by atoms with E-state index in [4.69, 9.17) is 10.5 Å². The normalized spacial score (nSPS) is 23.1. The van der Waals surface area contributed by atoms with Crippen molar-refractivity contribution in [2.75, 3.05) is 19.8 Å². The average molecular weight is 228 g/mol. The minimum atomic E-state index is -0.871. The molecule has 0 aromatic heterocycles. The molecule has 5 heteroatoms. The summed E-state index contributed by atoms with van der Waals surface area (Å²) in [7, 11) is 0. The Morgan fingerprint density at radius 3 is 2.81 bits per heavy atom. The van der Waals surface area contributed by atoms with Gasteiger partial charge in [0.15, 0.2) is 11.6 Å². The van der Waals surface area contributed by atoms with Gasteiger partial charge in [0.05, 0.1) is 13.2 Å². The van der Waals surface area contributed by atoms with Crippen LogP contribution in [-0.4, -0.2) is 25.8 Å². The van der Waals surface area contributed by atoms with Gasteiger partial charge < -0.3 is 15.8 Å². The molecule has 0 amide bonds. The second-order valence-corrected chi connectivity index (χ2v) is 3.83. The molecule has 0 bridgehead atoms. The highest BCUT2D eigenvalue weighted by atomic mass is 19.2. The summed E-state index contributed by atoms with van der Waals surface area (Å²) in [6, 6.07) is 3.28. The fraction of sp³-hybridized carbons (Fsp3) is 0.455. The van der Waals surface area contributed by atoms with E-state index in [0.29, 0.717) is 18.8 Å². The Balaban J connectivity index is 2.12. The molecule has 1 aliphatic rings. The first kappa shape index (κ1) is 11.4. The van der Waals surface area contributed by atoms with Crippen LogP contribution in [0.25, 0.3) is 0 Å². The highest BCUT2D eigenvalue weighted by Crippen LogP contribution is 2.18. The summed E-state index contributed by atoms with van der Waals surface area (Å²) in [5.41, 5.74) is 6.53. The highest BCUT2D eigenvalue weighted by molar-refractivity contribution is 5.22. The zero-order chi connectivity index (χ0) is 11.5. The summed E-state index contributed by atoms with van der Waals surface area (Å²) in [5, 5.41) is 3.19. The summed E-state index contributed by atoms with van der Waals surface area (Å²) in [4.78, 5) is 0. The van der Waals surface area contributed by atoms with Crippen molar-refractivity contribution < 1.29 is 13.5 Å². The Labute approximate surface area is 92.6 Å². The van der Waals surface area contributed by atoms with E-state index in [1.165, 1.54) is 6.07 Å². The van der Waals surface area contributed by atoms with Crippen molar-refractivity contribution in [3.8, 4) is 0 Å². The van der Waals surface area contributed by atoms with Gasteiger partial charge in [0.2, 0.25) is 0 Å². The Kier molecular flexibility index (Phi) is 3.48. The monoisotopic (exact) mass is 228 g/mol. The van der Waals surface area contributed by atoms with Crippen LogP contribution in [0.1, 0.15) is 11.6 Å². The number of morpholine rings is 1. The number of rotatable bonds is 2. The summed E-state index contributed by atoms with van der Waals surface area (Å²) in [6.07, 6.45) is 0. The molecule has 2 atom stereocenters. The average Bonchev–Trinajstić information content (AvgIpc) is 2.33. The van der Waals surface area contributed by atoms with Gasteiger partial charge in [0.25, 0.3) is 0 Å². The van der Waals surface area contributed by atoms with Crippen LogP contribution in [-0.2, 0) is 4.74 Å². The lowest BCUT2D eigenvalue weighted by Crippen LogP contribution is -2.47. The fourth-order valence-electron chi connectivity index (χ4n) is 1.77. The Hall–Kier alpha value is -1.04. The summed E-state index contributed by atoms with van der Waals surface area (Å²) < 4.78 is 31.0. The number of nitrogens with two attached hydrogens (primary N) is 1. The summed E-state index contributed by atoms with van der Waals surface area (Å²) in [6.45, 7) is 1.86. The molecule has 1 saturated heterocycles. The Bertz CT molecular complexity index is 367. The third-order valence-corrected chi connectivity index (χ3v) is 2.71. The summed E-state index contributed by atoms with van der Waals surface area (Å²) >= 11 is 0. The first-order valence-corrected chi connectivity index (χ1v) is 5.20. The maximum Gasteiger partial charge on any atom is 0.159 e. The molecule has 0 saturated carbocycles. The van der Waals surface area contributed by atoms with Crippen LogP contribution < -0.4 is 11.1 Å². The van der Waals surface area contributed by atoms with Crippen molar-refractivity contribution in [1.82, 2.24) is 5.32 Å². The van der Waals surface area contributed by atoms with E-state index < -0.39 is 17.7 Å². The predicted molar refractivity (Wildman–Crippen MR) is 55.9 cm³/mol. The molecule has 3 nitrogen and oxygen atoms in total. The van der Waals surface area contributed by atoms with Crippen LogP contribution >= 0.6 is 0 Å². The van der Waals surface area contributed by atoms with Crippen molar-refractivity contribution in [1.29, 1.82) is 0 Å². The topological polar surface area (TPSA) is 47.3 Å². The van der Waals surface area contributed by atoms with Crippen molar-refractivity contribution in [2.24, 2.45) is 5.73 Å². The minimum Gasteiger partial charge on any atom is -0.378 e. The molecular weight excluding hydrogens is 214 g/mol. The van der Waals surface area contributed by atoms with Crippen LogP contribution in [0.15, 0.2) is 18.2 Å². The number of ether oxygens (including phenoxy) is 1. The molecule has 1 aliphatic heterocycles. The standard InChI is InChI=1S/C11H14F2N2O/c12-8-2-1-7(5-9(8)13)11(14)10-6-16-4-3-15-10/h1-2,5,10-11,15H,3-4,6,14H2. The van der Waals surface area contributed by atoms with Gasteiger partial charge in [-0.15, -0.1) is 0 Å². The number of benzene rings is 1. The van der Waals surface area contributed by atoms with Gasteiger partial charge in [0.1, 0.15) is 0 Å². The van der Waals surface area contributed by atoms with Gasteiger partial charge >= 0.3 is 0 Å². The summed E-state index contributed by atoms with van der Waals surface area (Å²) in [5.74, 6) is -1.73. The van der Waals surface area contributed by atoms with E-state index in [2.05, 4.69) is 5.32 Å². The lowest BCUT2D eigenvalue weighted by Gasteiger charge is -2.29. The van der Waals surface area contributed by atoms with E-state index >= 15 is 0 Å². The molecule has 0 radical (unpaired) electrons. The van der Waals surface area contributed by atoms with E-state index in [9.17, 15) is 8.78 Å². The second-order valence-electron chi connectivity index (χ2n) is 3.83. The maximum absolute atomic E-state index is 13.0. The zero-order valence-corrected chi connectivity index (χ0v) is 8.75. The van der Waals surface area contributed by atoms with Crippen LogP contribution in [0.5, 0.6) is 0 Å². The van der Waals surface area contributed by atoms with Crippen LogP contribution in [0.3, 0.4) is 0 Å². The first-order chi connectivity index (χ1) is 7.68. The van der Waals surface area contributed by atoms with Gasteiger partial charge in [-0.05, 0) is 17.7 Å². The first-order valence-electron chi connectivity index (χ1n) is 5.20. The molecule has 1 aromatic rings. The van der Waals surface area contributed by atoms with Crippen molar-refractivity contribution in [2.45, 2.75) is 12.1 Å². The molecule has 1 heterocycles. The molecular formula is C11H14F2N2O. The molecule has 1 fully saturated rings. The van der Waals surface area contributed by atoms with E-state index in [1.807, 2.05) is 0 Å². The number of nitrogens with one attached hydrogen (secondary N) is 1. The van der Waals surface area contributed by atoms with Gasteiger partial charge in [-0.1, -0.05) is 6.07 Å². The zero-order valence-electron chi connectivity index (χ0n) is 8.75. The Morgan fingerprint density at radius 2 is 2.19 bits per heavy atom. The van der Waals surface area contributed by atoms with Crippen molar-refractivity contribution in [3.63, 3.8) is 0 Å². The molecule has 0 aliphatic carbocycles. The largest absolute Gasteiger partial charge is 0.378 e. The molecule has 2 rings (SSSR count). The highest BCUT2D eigenvalue weighted by Gasteiger charge is 2.22. The predicted octanol–water partition coefficient (Wildman–Crippen LogP) is 0.953. The van der Waals surface area contributed by atoms with E-state index in [0.717, 1.165) is 18.7 Å². The van der Waals surface area contributed by atoms with Crippen LogP contribution in [0.4, 0.5) is 8.78 Å². The number of halogens is 2. The smallest absolute Gasteiger partial charge is 0.159 e. The minimum absolute atomic E-state index is 0.0568. The Morgan fingerprint density at radius 1 is 1.38 bits per heavy atom. The van der Waals surface area contributed by atoms with E-state index in [1.54, 1.807) is 0 Å². The quantitative estimate of drug-likeness (QED) is 0.792. The fourth-order valence-corrected chi connectivity index (χ4v) is 1.77. The molecule has 88 valence electrons.